The molecule has 0 unspecified atom stereocenters. The van der Waals surface area contributed by atoms with Gasteiger partial charge in [-0.15, -0.1) is 0 Å². The number of rotatable bonds is 3. The van der Waals surface area contributed by atoms with Crippen LogP contribution in [0.5, 0.6) is 0 Å². The second-order valence-electron chi connectivity index (χ2n) is 4.77. The first-order chi connectivity index (χ1) is 8.98. The van der Waals surface area contributed by atoms with Crippen LogP contribution in [0.15, 0.2) is 30.3 Å². The molecule has 5 atom stereocenters. The zero-order valence-corrected chi connectivity index (χ0v) is 10.3. The van der Waals surface area contributed by atoms with Crippen molar-refractivity contribution in [3.8, 4) is 0 Å². The molecule has 6 heteroatoms. The fourth-order valence-electron chi connectivity index (χ4n) is 2.25. The van der Waals surface area contributed by atoms with Gasteiger partial charge in [-0.3, -0.25) is 0 Å². The van der Waals surface area contributed by atoms with Gasteiger partial charge in [0.05, 0.1) is 6.61 Å². The van der Waals surface area contributed by atoms with Crippen LogP contribution in [0.3, 0.4) is 0 Å². The summed E-state index contributed by atoms with van der Waals surface area (Å²) in [5, 5.41) is 48.6. The lowest BCUT2D eigenvalue weighted by Gasteiger charge is -2.45. The summed E-state index contributed by atoms with van der Waals surface area (Å²) in [5.41, 5.74) is 0.698. The molecule has 0 bridgehead atoms. The van der Waals surface area contributed by atoms with Crippen LogP contribution in [0.4, 0.5) is 0 Å². The third-order valence-electron chi connectivity index (χ3n) is 3.35. The lowest BCUT2D eigenvalue weighted by atomic mass is 9.89. The summed E-state index contributed by atoms with van der Waals surface area (Å²) in [7, 11) is 0. The smallest absolute Gasteiger partial charge is 0.199 e. The average Bonchev–Trinajstić information content (AvgIpc) is 2.42. The van der Waals surface area contributed by atoms with Gasteiger partial charge in [-0.05, 0) is 5.56 Å². The molecule has 1 aliphatic heterocycles. The van der Waals surface area contributed by atoms with E-state index in [0.29, 0.717) is 5.56 Å². The standard InChI is InChI=1S/C13H18O6/c14-7-9-10(15)11(16)12(17)13(18,19-9)6-8-4-2-1-3-5-8/h1-5,9-12,14-18H,6-7H2/t9-,10-,11+,12-,13-/m1/s1. The van der Waals surface area contributed by atoms with Crippen LogP contribution in [-0.4, -0.2) is 62.3 Å². The SMILES string of the molecule is OC[C@H]1O[C@](O)(Cc2ccccc2)[C@H](O)[C@@H](O)[C@@H]1O. The Bertz CT molecular complexity index is 409. The number of hydrogen-bond acceptors (Lipinski definition) is 6. The van der Waals surface area contributed by atoms with E-state index in [4.69, 9.17) is 9.84 Å². The normalized spacial score (nSPS) is 39.2. The lowest BCUT2D eigenvalue weighted by molar-refractivity contribution is -0.348. The quantitative estimate of drug-likeness (QED) is 0.452. The van der Waals surface area contributed by atoms with Crippen LogP contribution in [0, 0.1) is 0 Å². The molecule has 1 aliphatic rings. The molecule has 106 valence electrons. The van der Waals surface area contributed by atoms with Gasteiger partial charge in [0, 0.05) is 6.42 Å². The number of aliphatic hydroxyl groups excluding tert-OH is 4. The molecule has 1 heterocycles. The number of benzene rings is 1. The topological polar surface area (TPSA) is 110 Å². The Morgan fingerprint density at radius 1 is 1.05 bits per heavy atom. The van der Waals surface area contributed by atoms with Gasteiger partial charge in [-0.1, -0.05) is 30.3 Å². The fraction of sp³-hybridized carbons (Fsp3) is 0.538. The fourth-order valence-corrected chi connectivity index (χ4v) is 2.25. The first-order valence-electron chi connectivity index (χ1n) is 6.07. The van der Waals surface area contributed by atoms with Crippen molar-refractivity contribution in [1.82, 2.24) is 0 Å². The van der Waals surface area contributed by atoms with Crippen molar-refractivity contribution in [2.75, 3.05) is 6.61 Å². The monoisotopic (exact) mass is 270 g/mol. The molecule has 0 amide bonds. The molecule has 6 nitrogen and oxygen atoms in total. The molecule has 0 spiro atoms. The summed E-state index contributed by atoms with van der Waals surface area (Å²) in [4.78, 5) is 0. The number of hydrogen-bond donors (Lipinski definition) is 5. The Kier molecular flexibility index (Phi) is 4.19. The molecule has 2 rings (SSSR count). The minimum absolute atomic E-state index is 0.0602. The van der Waals surface area contributed by atoms with Gasteiger partial charge in [-0.2, -0.15) is 0 Å². The van der Waals surface area contributed by atoms with Crippen LogP contribution < -0.4 is 0 Å². The molecule has 0 aliphatic carbocycles. The predicted octanol–water partition coefficient (Wildman–Crippen LogP) is -1.61. The maximum absolute atomic E-state index is 10.3. The molecular formula is C13H18O6. The summed E-state index contributed by atoms with van der Waals surface area (Å²) in [6.07, 6.45) is -5.90. The zero-order chi connectivity index (χ0) is 14.0. The first-order valence-corrected chi connectivity index (χ1v) is 6.07. The van der Waals surface area contributed by atoms with Crippen LogP contribution >= 0.6 is 0 Å². The van der Waals surface area contributed by atoms with Crippen LogP contribution in [-0.2, 0) is 11.2 Å². The lowest BCUT2D eigenvalue weighted by Crippen LogP contribution is -2.65. The van der Waals surface area contributed by atoms with Crippen molar-refractivity contribution in [2.45, 2.75) is 36.6 Å². The third kappa shape index (κ3) is 2.79. The summed E-state index contributed by atoms with van der Waals surface area (Å²) in [6, 6.07) is 8.81. The Labute approximate surface area is 110 Å². The van der Waals surface area contributed by atoms with Gasteiger partial charge in [-0.25, -0.2) is 0 Å². The Hall–Kier alpha value is -1.02. The van der Waals surface area contributed by atoms with Gasteiger partial charge >= 0.3 is 0 Å². The van der Waals surface area contributed by atoms with Crippen molar-refractivity contribution >= 4 is 0 Å². The molecule has 0 radical (unpaired) electrons. The molecule has 1 aromatic carbocycles. The molecule has 5 N–H and O–H groups in total. The summed E-state index contributed by atoms with van der Waals surface area (Å²) >= 11 is 0. The van der Waals surface area contributed by atoms with Gasteiger partial charge in [0.15, 0.2) is 5.79 Å². The van der Waals surface area contributed by atoms with E-state index in [-0.39, 0.29) is 6.42 Å². The molecule has 1 aromatic rings. The highest BCUT2D eigenvalue weighted by Gasteiger charge is 2.52. The summed E-state index contributed by atoms with van der Waals surface area (Å²) < 4.78 is 5.17. The van der Waals surface area contributed by atoms with E-state index in [2.05, 4.69) is 0 Å². The first kappa shape index (κ1) is 14.4. The molecule has 19 heavy (non-hydrogen) atoms. The van der Waals surface area contributed by atoms with Crippen LogP contribution in [0.2, 0.25) is 0 Å². The van der Waals surface area contributed by atoms with Gasteiger partial charge in [0.25, 0.3) is 0 Å². The predicted molar refractivity (Wildman–Crippen MR) is 65.1 cm³/mol. The maximum Gasteiger partial charge on any atom is 0.199 e. The number of aliphatic hydroxyl groups is 5. The number of ether oxygens (including phenoxy) is 1. The molecule has 0 saturated carbocycles. The van der Waals surface area contributed by atoms with E-state index >= 15 is 0 Å². The summed E-state index contributed by atoms with van der Waals surface area (Å²) in [6.45, 7) is -0.567. The minimum Gasteiger partial charge on any atom is -0.394 e. The second-order valence-corrected chi connectivity index (χ2v) is 4.77. The van der Waals surface area contributed by atoms with Crippen molar-refractivity contribution in [3.05, 3.63) is 35.9 Å². The van der Waals surface area contributed by atoms with Gasteiger partial charge in [0.2, 0.25) is 0 Å². The van der Waals surface area contributed by atoms with E-state index in [1.54, 1.807) is 30.3 Å². The average molecular weight is 270 g/mol. The largest absolute Gasteiger partial charge is 0.394 e. The van der Waals surface area contributed by atoms with Crippen LogP contribution in [0.25, 0.3) is 0 Å². The van der Waals surface area contributed by atoms with Crippen molar-refractivity contribution in [3.63, 3.8) is 0 Å². The molecular weight excluding hydrogens is 252 g/mol. The highest BCUT2D eigenvalue weighted by atomic mass is 16.7. The molecule has 1 fully saturated rings. The highest BCUT2D eigenvalue weighted by Crippen LogP contribution is 2.30. The maximum atomic E-state index is 10.3. The van der Waals surface area contributed by atoms with E-state index < -0.39 is 36.8 Å². The van der Waals surface area contributed by atoms with E-state index in [1.165, 1.54) is 0 Å². The van der Waals surface area contributed by atoms with E-state index in [1.807, 2.05) is 0 Å². The van der Waals surface area contributed by atoms with Crippen molar-refractivity contribution < 1.29 is 30.3 Å². The molecule has 1 saturated heterocycles. The van der Waals surface area contributed by atoms with Crippen molar-refractivity contribution in [2.24, 2.45) is 0 Å². The van der Waals surface area contributed by atoms with Crippen LogP contribution in [0.1, 0.15) is 5.56 Å². The zero-order valence-electron chi connectivity index (χ0n) is 10.3. The van der Waals surface area contributed by atoms with Crippen molar-refractivity contribution in [1.29, 1.82) is 0 Å². The Morgan fingerprint density at radius 3 is 2.26 bits per heavy atom. The third-order valence-corrected chi connectivity index (χ3v) is 3.35. The molecule has 0 aromatic heterocycles. The summed E-state index contributed by atoms with van der Waals surface area (Å²) in [5.74, 6) is -2.05. The highest BCUT2D eigenvalue weighted by molar-refractivity contribution is 5.17. The van der Waals surface area contributed by atoms with E-state index in [0.717, 1.165) is 0 Å². The Balaban J connectivity index is 2.21. The van der Waals surface area contributed by atoms with Gasteiger partial charge < -0.3 is 30.3 Å². The van der Waals surface area contributed by atoms with Gasteiger partial charge in [0.1, 0.15) is 24.4 Å². The van der Waals surface area contributed by atoms with E-state index in [9.17, 15) is 20.4 Å². The Morgan fingerprint density at radius 2 is 1.68 bits per heavy atom. The minimum atomic E-state index is -2.05. The second kappa shape index (κ2) is 5.54.